The molecule has 0 saturated carbocycles. The molecular formula is C83H74Br2O4. The van der Waals surface area contributed by atoms with Crippen LogP contribution in [0.3, 0.4) is 0 Å². The molecule has 0 spiro atoms. The molecule has 2 aliphatic rings. The lowest BCUT2D eigenvalue weighted by Gasteiger charge is -2.22. The summed E-state index contributed by atoms with van der Waals surface area (Å²) in [6, 6.07) is 68.2. The monoisotopic (exact) mass is 1290 g/mol. The van der Waals surface area contributed by atoms with Gasteiger partial charge in [-0.15, -0.1) is 6.42 Å². The van der Waals surface area contributed by atoms with Gasteiger partial charge in [0, 0.05) is 59.0 Å². The van der Waals surface area contributed by atoms with E-state index < -0.39 is 0 Å². The summed E-state index contributed by atoms with van der Waals surface area (Å²) in [6.45, 7) is 8.76. The lowest BCUT2D eigenvalue weighted by Crippen LogP contribution is -2.12. The Morgan fingerprint density at radius 2 is 0.596 bits per heavy atom. The Morgan fingerprint density at radius 3 is 0.910 bits per heavy atom. The van der Waals surface area contributed by atoms with Crippen molar-refractivity contribution in [1.82, 2.24) is 0 Å². The summed E-state index contributed by atoms with van der Waals surface area (Å²) in [4.78, 5) is 0. The van der Waals surface area contributed by atoms with Crippen molar-refractivity contribution in [1.29, 1.82) is 0 Å². The predicted octanol–water partition coefficient (Wildman–Crippen LogP) is 22.1. The van der Waals surface area contributed by atoms with Gasteiger partial charge in [0.05, 0.1) is 0 Å². The van der Waals surface area contributed by atoms with Gasteiger partial charge in [-0.25, -0.2) is 0 Å². The van der Waals surface area contributed by atoms with E-state index in [1.54, 1.807) is 0 Å². The maximum Gasteiger partial charge on any atom is 0.128 e. The molecule has 89 heavy (non-hydrogen) atoms. The van der Waals surface area contributed by atoms with Gasteiger partial charge in [-0.2, -0.15) is 0 Å². The zero-order valence-electron chi connectivity index (χ0n) is 51.3. The first kappa shape index (κ1) is 61.9. The van der Waals surface area contributed by atoms with Crippen molar-refractivity contribution >= 4 is 74.9 Å². The Morgan fingerprint density at radius 1 is 0.315 bits per heavy atom. The van der Waals surface area contributed by atoms with E-state index in [0.29, 0.717) is 26.4 Å². The number of unbranched alkanes of at least 4 members (excludes halogenated alkanes) is 6. The summed E-state index contributed by atoms with van der Waals surface area (Å²) < 4.78 is 26.8. The molecule has 2 heterocycles. The summed E-state index contributed by atoms with van der Waals surface area (Å²) in [5, 5.41) is 9.13. The molecule has 2 aliphatic heterocycles. The number of ether oxygens (including phenoxy) is 4. The zero-order valence-corrected chi connectivity index (χ0v) is 54.4. The molecule has 6 heteroatoms. The molecule has 0 radical (unpaired) electrons. The standard InChI is InChI=1S/C48H44O2.C22H14Br2O2.C13H16/c1-3-5-7-9-35-11-15-37(16-12-35)19-21-39-23-27-43-41(33-39)25-29-45-47(43)48-44-28-24-40(34-42(44)26-30-46(48)50-32-31-49-45)22-20-38-17-13-36(14-18-38)10-8-6-4-2;23-15-3-5-17-13(11-15)1-7-19-21(17)22-18-6-4-16(24)12-14(18)2-8-20(22)26-10-9-25-19;1-3-5-6-7-13-10-8-12(4-2)9-11-13/h11-18,23-30,33-34H,3-10,31-32H2,1-2H3;1-8,11-12H,9-10H2;2,8-11H,3,5-7H2,1H3. The fourth-order valence-corrected chi connectivity index (χ4v) is 12.5. The highest BCUT2D eigenvalue weighted by Crippen LogP contribution is 2.48. The Hall–Kier alpha value is -8.70. The quantitative estimate of drug-likeness (QED) is 0.0902. The average Bonchev–Trinajstić information content (AvgIpc) is 1.01. The van der Waals surface area contributed by atoms with E-state index in [4.69, 9.17) is 25.4 Å². The molecular weight excluding hydrogens is 1220 g/mol. The number of terminal acetylenes is 1. The Kier molecular flexibility index (Phi) is 21.2. The average molecular weight is 1300 g/mol. The number of rotatable bonds is 12. The van der Waals surface area contributed by atoms with Crippen LogP contribution in [0.1, 0.15) is 123 Å². The molecule has 4 nitrogen and oxygen atoms in total. The molecule has 0 bridgehead atoms. The molecule has 0 aromatic heterocycles. The van der Waals surface area contributed by atoms with Gasteiger partial charge in [-0.05, 0) is 207 Å². The van der Waals surface area contributed by atoms with Gasteiger partial charge >= 0.3 is 0 Å². The number of fused-ring (bicyclic) bond motifs is 14. The minimum absolute atomic E-state index is 0.491. The van der Waals surface area contributed by atoms with E-state index in [2.05, 4.69) is 264 Å². The Bertz CT molecular complexity index is 4200. The van der Waals surface area contributed by atoms with Crippen LogP contribution >= 0.6 is 31.9 Å². The first-order valence-corrected chi connectivity index (χ1v) is 33.2. The number of benzene rings is 11. The van der Waals surface area contributed by atoms with E-state index >= 15 is 0 Å². The smallest absolute Gasteiger partial charge is 0.128 e. The molecule has 11 aromatic rings. The van der Waals surface area contributed by atoms with Crippen molar-refractivity contribution in [2.75, 3.05) is 26.4 Å². The van der Waals surface area contributed by atoms with Crippen LogP contribution in [0.15, 0.2) is 203 Å². The fraction of sp³-hybridized carbons (Fsp3) is 0.229. The van der Waals surface area contributed by atoms with Gasteiger partial charge in [-0.1, -0.05) is 206 Å². The van der Waals surface area contributed by atoms with Crippen molar-refractivity contribution in [3.05, 3.63) is 248 Å². The Labute approximate surface area is 543 Å². The zero-order chi connectivity index (χ0) is 61.3. The number of hydrogen-bond donors (Lipinski definition) is 0. The largest absolute Gasteiger partial charge is 0.489 e. The normalized spacial score (nSPS) is 12.0. The van der Waals surface area contributed by atoms with Crippen molar-refractivity contribution in [2.45, 2.75) is 97.8 Å². The molecule has 0 unspecified atom stereocenters. The molecule has 0 fully saturated rings. The molecule has 444 valence electrons. The summed E-state index contributed by atoms with van der Waals surface area (Å²) in [6.07, 6.45) is 20.1. The van der Waals surface area contributed by atoms with Gasteiger partial charge in [0.15, 0.2) is 0 Å². The maximum absolute atomic E-state index is 6.29. The predicted molar refractivity (Wildman–Crippen MR) is 380 cm³/mol. The SMILES string of the molecule is Brc1ccc2c3c(ccc2c1)OCCOc1ccc2cc(Br)ccc2c1-3.C#Cc1ccc(CCCCC)cc1.CCCCCc1ccc(C#Cc2ccc3c4c(ccc3c2)OCCOc2ccc3cc(C#Cc5ccc(CCCCC)cc5)ccc3c2-4)cc1. The second-order valence-electron chi connectivity index (χ2n) is 22.9. The third kappa shape index (κ3) is 15.6. The molecule has 0 atom stereocenters. The second-order valence-corrected chi connectivity index (χ2v) is 24.7. The van der Waals surface area contributed by atoms with Crippen LogP contribution in [0.4, 0.5) is 0 Å². The van der Waals surface area contributed by atoms with E-state index in [-0.39, 0.29) is 0 Å². The molecule has 11 aromatic carbocycles. The third-order valence-corrected chi connectivity index (χ3v) is 17.5. The minimum Gasteiger partial charge on any atom is -0.489 e. The lowest BCUT2D eigenvalue weighted by atomic mass is 9.91. The third-order valence-electron chi connectivity index (χ3n) is 16.5. The second kappa shape index (κ2) is 30.5. The molecule has 0 N–H and O–H groups in total. The highest BCUT2D eigenvalue weighted by atomic mass is 79.9. The highest BCUT2D eigenvalue weighted by Gasteiger charge is 2.23. The first-order valence-electron chi connectivity index (χ1n) is 31.6. The van der Waals surface area contributed by atoms with Gasteiger partial charge in [0.25, 0.3) is 0 Å². The molecule has 13 rings (SSSR count). The number of halogens is 2. The van der Waals surface area contributed by atoms with Crippen LogP contribution in [-0.2, 0) is 19.3 Å². The minimum atomic E-state index is 0.491. The molecule has 0 amide bonds. The van der Waals surface area contributed by atoms with Gasteiger partial charge in [-0.3, -0.25) is 0 Å². The van der Waals surface area contributed by atoms with Gasteiger partial charge < -0.3 is 18.9 Å². The first-order chi connectivity index (χ1) is 43.7. The number of aryl methyl sites for hydroxylation is 3. The summed E-state index contributed by atoms with van der Waals surface area (Å²) >= 11 is 7.15. The number of hydrogen-bond acceptors (Lipinski definition) is 4. The molecule has 0 aliphatic carbocycles. The topological polar surface area (TPSA) is 36.9 Å². The summed E-state index contributed by atoms with van der Waals surface area (Å²) in [5.74, 6) is 19.7. The van der Waals surface area contributed by atoms with Gasteiger partial charge in [0.1, 0.15) is 49.4 Å². The van der Waals surface area contributed by atoms with Crippen LogP contribution in [0, 0.1) is 36.0 Å². The summed E-state index contributed by atoms with van der Waals surface area (Å²) in [5.41, 5.74) is 13.5. The van der Waals surface area contributed by atoms with Crippen LogP contribution in [0.25, 0.3) is 65.3 Å². The van der Waals surface area contributed by atoms with E-state index in [0.717, 1.165) is 127 Å². The summed E-state index contributed by atoms with van der Waals surface area (Å²) in [7, 11) is 0. The Balaban J connectivity index is 0.000000172. The highest BCUT2D eigenvalue weighted by molar-refractivity contribution is 9.10. The maximum atomic E-state index is 6.29. The van der Waals surface area contributed by atoms with Crippen LogP contribution in [-0.4, -0.2) is 26.4 Å². The van der Waals surface area contributed by atoms with Crippen molar-refractivity contribution in [2.24, 2.45) is 0 Å². The van der Waals surface area contributed by atoms with Crippen molar-refractivity contribution < 1.29 is 18.9 Å². The molecule has 0 saturated heterocycles. The van der Waals surface area contributed by atoms with Crippen molar-refractivity contribution in [3.63, 3.8) is 0 Å². The lowest BCUT2D eigenvalue weighted by molar-refractivity contribution is 0.215. The van der Waals surface area contributed by atoms with Crippen LogP contribution < -0.4 is 18.9 Å². The van der Waals surface area contributed by atoms with Crippen molar-refractivity contribution in [3.8, 4) is 81.3 Å². The van der Waals surface area contributed by atoms with E-state index in [9.17, 15) is 0 Å². The van der Waals surface area contributed by atoms with Gasteiger partial charge in [0.2, 0.25) is 0 Å². The van der Waals surface area contributed by atoms with E-state index in [1.165, 1.54) is 91.7 Å². The van der Waals surface area contributed by atoms with Crippen LogP contribution in [0.5, 0.6) is 23.0 Å². The van der Waals surface area contributed by atoms with Crippen LogP contribution in [0.2, 0.25) is 0 Å². The van der Waals surface area contributed by atoms with E-state index in [1.807, 2.05) is 12.1 Å². The fourth-order valence-electron chi connectivity index (χ4n) is 11.8.